The zero-order valence-corrected chi connectivity index (χ0v) is 11.9. The van der Waals surface area contributed by atoms with E-state index in [2.05, 4.69) is 10.6 Å². The van der Waals surface area contributed by atoms with Gasteiger partial charge in [-0.25, -0.2) is 9.59 Å². The topological polar surface area (TPSA) is 116 Å². The molecule has 2 atom stereocenters. The highest BCUT2D eigenvalue weighted by molar-refractivity contribution is 7.84. The minimum absolute atomic E-state index is 0.0677. The van der Waals surface area contributed by atoms with Crippen LogP contribution in [0.5, 0.6) is 5.75 Å². The molecule has 2 unspecified atom stereocenters. The van der Waals surface area contributed by atoms with Crippen molar-refractivity contribution in [2.45, 2.75) is 12.2 Å². The van der Waals surface area contributed by atoms with Crippen molar-refractivity contribution >= 4 is 28.5 Å². The van der Waals surface area contributed by atoms with E-state index < -0.39 is 22.8 Å². The molecule has 0 aliphatic carbocycles. The standard InChI is InChI=1S/C12H16N2O5S/c1-7(20(2)19)6-13-12(18)14-10-4-3-8(15)5-9(10)11(16)17/h3-5,7,15H,6H2,1-2H3,(H,16,17)(H2,13,14,18). The lowest BCUT2D eigenvalue weighted by molar-refractivity contribution is 0.0697. The summed E-state index contributed by atoms with van der Waals surface area (Å²) in [4.78, 5) is 22.6. The molecule has 0 spiro atoms. The van der Waals surface area contributed by atoms with Crippen LogP contribution >= 0.6 is 0 Å². The number of urea groups is 1. The van der Waals surface area contributed by atoms with Crippen molar-refractivity contribution in [3.63, 3.8) is 0 Å². The fourth-order valence-electron chi connectivity index (χ4n) is 1.34. The quantitative estimate of drug-likeness (QED) is 0.605. The van der Waals surface area contributed by atoms with Gasteiger partial charge in [0.05, 0.1) is 11.3 Å². The van der Waals surface area contributed by atoms with Crippen LogP contribution in [0.4, 0.5) is 10.5 Å². The summed E-state index contributed by atoms with van der Waals surface area (Å²) in [7, 11) is -1.06. The highest BCUT2D eigenvalue weighted by atomic mass is 32.2. The molecule has 2 amide bonds. The van der Waals surface area contributed by atoms with Crippen LogP contribution in [0, 0.1) is 0 Å². The molecule has 0 heterocycles. The lowest BCUT2D eigenvalue weighted by atomic mass is 10.1. The number of aromatic carboxylic acids is 1. The molecule has 8 heteroatoms. The van der Waals surface area contributed by atoms with E-state index in [0.29, 0.717) is 0 Å². The van der Waals surface area contributed by atoms with E-state index in [0.717, 1.165) is 6.07 Å². The lowest BCUT2D eigenvalue weighted by Crippen LogP contribution is -2.35. The number of carbonyl (C=O) groups is 2. The highest BCUT2D eigenvalue weighted by Gasteiger charge is 2.14. The first kappa shape index (κ1) is 16.0. The number of aromatic hydroxyl groups is 1. The number of nitrogens with one attached hydrogen (secondary N) is 2. The molecule has 0 aliphatic rings. The zero-order chi connectivity index (χ0) is 15.3. The van der Waals surface area contributed by atoms with Crippen LogP contribution in [0.1, 0.15) is 17.3 Å². The van der Waals surface area contributed by atoms with E-state index in [1.54, 1.807) is 6.92 Å². The van der Waals surface area contributed by atoms with Gasteiger partial charge in [0, 0.05) is 28.9 Å². The van der Waals surface area contributed by atoms with Crippen molar-refractivity contribution < 1.29 is 24.0 Å². The van der Waals surface area contributed by atoms with E-state index in [9.17, 15) is 18.9 Å². The van der Waals surface area contributed by atoms with Gasteiger partial charge in [-0.1, -0.05) is 0 Å². The number of phenols is 1. The second-order valence-electron chi connectivity index (χ2n) is 4.18. The Kier molecular flexibility index (Phi) is 5.51. The Morgan fingerprint density at radius 3 is 2.60 bits per heavy atom. The molecule has 1 aromatic rings. The Morgan fingerprint density at radius 2 is 2.05 bits per heavy atom. The van der Waals surface area contributed by atoms with Crippen molar-refractivity contribution in [3.05, 3.63) is 23.8 Å². The largest absolute Gasteiger partial charge is 0.508 e. The molecule has 4 N–H and O–H groups in total. The number of phenolic OH excluding ortho intramolecular Hbond substituents is 1. The Labute approximate surface area is 118 Å². The van der Waals surface area contributed by atoms with Crippen LogP contribution in [0.25, 0.3) is 0 Å². The van der Waals surface area contributed by atoms with Gasteiger partial charge in [0.15, 0.2) is 0 Å². The minimum atomic E-state index is -1.26. The third kappa shape index (κ3) is 4.54. The predicted octanol–water partition coefficient (Wildman–Crippen LogP) is 0.979. The average molecular weight is 300 g/mol. The van der Waals surface area contributed by atoms with Gasteiger partial charge in [-0.2, -0.15) is 0 Å². The summed E-state index contributed by atoms with van der Waals surface area (Å²) in [5.74, 6) is -1.47. The number of rotatable bonds is 5. The monoisotopic (exact) mass is 300 g/mol. The summed E-state index contributed by atoms with van der Waals surface area (Å²) < 4.78 is 11.1. The highest BCUT2D eigenvalue weighted by Crippen LogP contribution is 2.21. The first-order valence-electron chi connectivity index (χ1n) is 5.74. The molecule has 0 bridgehead atoms. The molecule has 110 valence electrons. The number of hydrogen-bond donors (Lipinski definition) is 4. The number of carboxylic acid groups (broad SMARTS) is 1. The van der Waals surface area contributed by atoms with Crippen LogP contribution in [0.3, 0.4) is 0 Å². The van der Waals surface area contributed by atoms with E-state index in [1.807, 2.05) is 0 Å². The van der Waals surface area contributed by atoms with Crippen LogP contribution < -0.4 is 10.6 Å². The average Bonchev–Trinajstić information content (AvgIpc) is 2.37. The number of benzene rings is 1. The van der Waals surface area contributed by atoms with Crippen molar-refractivity contribution in [2.24, 2.45) is 0 Å². The molecule has 0 aromatic heterocycles. The number of carboxylic acids is 1. The van der Waals surface area contributed by atoms with Gasteiger partial charge in [-0.15, -0.1) is 0 Å². The Balaban J connectivity index is 2.71. The molecular formula is C12H16N2O5S. The van der Waals surface area contributed by atoms with Gasteiger partial charge in [0.2, 0.25) is 0 Å². The molecule has 20 heavy (non-hydrogen) atoms. The van der Waals surface area contributed by atoms with Crippen molar-refractivity contribution in [2.75, 3.05) is 18.1 Å². The molecule has 0 fully saturated rings. The van der Waals surface area contributed by atoms with Crippen LogP contribution in [-0.4, -0.2) is 44.5 Å². The second kappa shape index (κ2) is 6.90. The summed E-state index contributed by atoms with van der Waals surface area (Å²) in [6.45, 7) is 1.93. The Hall–Kier alpha value is -2.09. The Bertz CT molecular complexity index is 547. The molecule has 0 radical (unpaired) electrons. The molecule has 1 rings (SSSR count). The predicted molar refractivity (Wildman–Crippen MR) is 75.6 cm³/mol. The summed E-state index contributed by atoms with van der Waals surface area (Å²) in [5.41, 5.74) is -0.148. The summed E-state index contributed by atoms with van der Waals surface area (Å²) in [6.07, 6.45) is 1.53. The van der Waals surface area contributed by atoms with Gasteiger partial charge in [0.1, 0.15) is 5.75 Å². The van der Waals surface area contributed by atoms with Crippen molar-refractivity contribution in [1.82, 2.24) is 5.32 Å². The first-order valence-corrected chi connectivity index (χ1v) is 7.36. The van der Waals surface area contributed by atoms with E-state index in [1.165, 1.54) is 18.4 Å². The maximum atomic E-state index is 11.6. The lowest BCUT2D eigenvalue weighted by Gasteiger charge is -2.12. The molecule has 0 aliphatic heterocycles. The fraction of sp³-hybridized carbons (Fsp3) is 0.333. The molecular weight excluding hydrogens is 284 g/mol. The van der Waals surface area contributed by atoms with Gasteiger partial charge in [-0.05, 0) is 25.1 Å². The summed E-state index contributed by atoms with van der Waals surface area (Å²) in [6, 6.07) is 3.00. The number of amides is 2. The zero-order valence-electron chi connectivity index (χ0n) is 11.0. The number of carbonyl (C=O) groups excluding carboxylic acids is 1. The minimum Gasteiger partial charge on any atom is -0.508 e. The maximum absolute atomic E-state index is 11.6. The fourth-order valence-corrected chi connectivity index (χ4v) is 1.66. The second-order valence-corrected chi connectivity index (χ2v) is 5.98. The SMILES string of the molecule is CC(CNC(=O)Nc1ccc(O)cc1C(=O)O)S(C)=O. The van der Waals surface area contributed by atoms with Gasteiger partial charge < -0.3 is 20.8 Å². The molecule has 0 saturated carbocycles. The van der Waals surface area contributed by atoms with E-state index in [4.69, 9.17) is 5.11 Å². The van der Waals surface area contributed by atoms with Crippen LogP contribution in [0.2, 0.25) is 0 Å². The molecule has 7 nitrogen and oxygen atoms in total. The molecule has 0 saturated heterocycles. The van der Waals surface area contributed by atoms with Gasteiger partial charge in [0.25, 0.3) is 0 Å². The summed E-state index contributed by atoms with van der Waals surface area (Å²) in [5, 5.41) is 22.9. The van der Waals surface area contributed by atoms with Gasteiger partial charge in [-0.3, -0.25) is 4.21 Å². The Morgan fingerprint density at radius 1 is 1.40 bits per heavy atom. The number of hydrogen-bond acceptors (Lipinski definition) is 4. The van der Waals surface area contributed by atoms with Crippen molar-refractivity contribution in [3.8, 4) is 5.75 Å². The molecule has 1 aromatic carbocycles. The van der Waals surface area contributed by atoms with Crippen LogP contribution in [-0.2, 0) is 10.8 Å². The maximum Gasteiger partial charge on any atom is 0.337 e. The third-order valence-electron chi connectivity index (χ3n) is 2.60. The third-order valence-corrected chi connectivity index (χ3v) is 3.90. The van der Waals surface area contributed by atoms with E-state index in [-0.39, 0.29) is 28.8 Å². The first-order chi connectivity index (χ1) is 9.31. The number of anilines is 1. The smallest absolute Gasteiger partial charge is 0.337 e. The van der Waals surface area contributed by atoms with Crippen LogP contribution in [0.15, 0.2) is 18.2 Å². The summed E-state index contributed by atoms with van der Waals surface area (Å²) >= 11 is 0. The normalized spacial score (nSPS) is 13.3. The van der Waals surface area contributed by atoms with Crippen molar-refractivity contribution in [1.29, 1.82) is 0 Å². The van der Waals surface area contributed by atoms with E-state index >= 15 is 0 Å². The van der Waals surface area contributed by atoms with Gasteiger partial charge >= 0.3 is 12.0 Å².